The van der Waals surface area contributed by atoms with E-state index in [1.807, 2.05) is 52.0 Å². The van der Waals surface area contributed by atoms with Gasteiger partial charge < -0.3 is 15.0 Å². The van der Waals surface area contributed by atoms with Gasteiger partial charge in [0.25, 0.3) is 10.0 Å². The summed E-state index contributed by atoms with van der Waals surface area (Å²) in [7, 11) is -4.18. The highest BCUT2D eigenvalue weighted by Crippen LogP contribution is 2.33. The average molecular weight is 580 g/mol. The fourth-order valence-corrected chi connectivity index (χ4v) is 5.73. The molecule has 0 saturated heterocycles. The van der Waals surface area contributed by atoms with Crippen molar-refractivity contribution in [3.63, 3.8) is 0 Å². The second-order valence-corrected chi connectivity index (χ2v) is 11.9. The summed E-state index contributed by atoms with van der Waals surface area (Å²) in [5, 5.41) is 2.90. The van der Waals surface area contributed by atoms with Crippen molar-refractivity contribution in [2.45, 2.75) is 64.9 Å². The summed E-state index contributed by atoms with van der Waals surface area (Å²) in [4.78, 5) is 28.7. The standard InChI is InChI=1S/C32H41N3O5S/c1-6-8-21-33-32(37)26(5)34(22-27-17-13-24(3)14-18-27)31(36)23-35(29-11-9-10-12-30(29)40-7-2)41(38,39)28-19-15-25(4)16-20-28/h9-20,26H,6-8,21-23H2,1-5H3,(H,33,37). The van der Waals surface area contributed by atoms with Crippen LogP contribution in [-0.2, 0) is 26.2 Å². The van der Waals surface area contributed by atoms with E-state index in [2.05, 4.69) is 5.32 Å². The zero-order chi connectivity index (χ0) is 30.0. The first-order valence-corrected chi connectivity index (χ1v) is 15.5. The summed E-state index contributed by atoms with van der Waals surface area (Å²) in [5.74, 6) is -0.457. The summed E-state index contributed by atoms with van der Waals surface area (Å²) < 4.78 is 34.9. The number of benzene rings is 3. The molecule has 0 aliphatic carbocycles. The monoisotopic (exact) mass is 579 g/mol. The van der Waals surface area contributed by atoms with Crippen molar-refractivity contribution in [1.82, 2.24) is 10.2 Å². The van der Waals surface area contributed by atoms with Crippen LogP contribution < -0.4 is 14.4 Å². The number of rotatable bonds is 14. The molecule has 3 aromatic carbocycles. The number of aryl methyl sites for hydroxylation is 2. The minimum Gasteiger partial charge on any atom is -0.492 e. The maximum atomic E-state index is 14.1. The van der Waals surface area contributed by atoms with Gasteiger partial charge in [-0.05, 0) is 63.9 Å². The maximum Gasteiger partial charge on any atom is 0.264 e. The molecule has 9 heteroatoms. The number of amides is 2. The van der Waals surface area contributed by atoms with Crippen molar-refractivity contribution < 1.29 is 22.7 Å². The van der Waals surface area contributed by atoms with E-state index in [1.54, 1.807) is 43.3 Å². The molecule has 0 aliphatic rings. The van der Waals surface area contributed by atoms with Gasteiger partial charge in [-0.2, -0.15) is 0 Å². The molecule has 0 fully saturated rings. The predicted octanol–water partition coefficient (Wildman–Crippen LogP) is 5.23. The molecule has 3 aromatic rings. The Morgan fingerprint density at radius 3 is 2.12 bits per heavy atom. The molecule has 0 spiro atoms. The number of nitrogens with zero attached hydrogens (tertiary/aromatic N) is 2. The van der Waals surface area contributed by atoms with Crippen LogP contribution in [0.15, 0.2) is 77.7 Å². The maximum absolute atomic E-state index is 14.1. The molecule has 0 bridgehead atoms. The molecule has 0 saturated carbocycles. The van der Waals surface area contributed by atoms with Crippen molar-refractivity contribution in [2.75, 3.05) is 24.0 Å². The minimum absolute atomic E-state index is 0.0534. The predicted molar refractivity (Wildman–Crippen MR) is 162 cm³/mol. The van der Waals surface area contributed by atoms with Gasteiger partial charge in [0.15, 0.2) is 0 Å². The molecule has 0 aliphatic heterocycles. The van der Waals surface area contributed by atoms with Gasteiger partial charge in [-0.3, -0.25) is 13.9 Å². The minimum atomic E-state index is -4.18. The van der Waals surface area contributed by atoms with Crippen molar-refractivity contribution >= 4 is 27.5 Å². The highest BCUT2D eigenvalue weighted by Gasteiger charge is 2.33. The molecule has 1 unspecified atom stereocenters. The van der Waals surface area contributed by atoms with Gasteiger partial charge in [-0.1, -0.05) is 73.0 Å². The Morgan fingerprint density at radius 1 is 0.902 bits per heavy atom. The topological polar surface area (TPSA) is 96.0 Å². The third-order valence-electron chi connectivity index (χ3n) is 6.79. The van der Waals surface area contributed by atoms with E-state index in [0.717, 1.165) is 33.8 Å². The van der Waals surface area contributed by atoms with Crippen LogP contribution in [0.4, 0.5) is 5.69 Å². The number of nitrogens with one attached hydrogen (secondary N) is 1. The van der Waals surface area contributed by atoms with Gasteiger partial charge in [0.1, 0.15) is 18.3 Å². The van der Waals surface area contributed by atoms with Crippen molar-refractivity contribution in [1.29, 1.82) is 0 Å². The molecule has 220 valence electrons. The van der Waals surface area contributed by atoms with Gasteiger partial charge in [0.2, 0.25) is 11.8 Å². The summed E-state index contributed by atoms with van der Waals surface area (Å²) in [6.07, 6.45) is 1.74. The fraction of sp³-hybridized carbons (Fsp3) is 0.375. The van der Waals surface area contributed by atoms with E-state index in [1.165, 1.54) is 17.0 Å². The van der Waals surface area contributed by atoms with Gasteiger partial charge in [0, 0.05) is 13.1 Å². The number of unbranched alkanes of at least 4 members (excludes halogenated alkanes) is 1. The third kappa shape index (κ3) is 8.33. The summed E-state index contributed by atoms with van der Waals surface area (Å²) >= 11 is 0. The van der Waals surface area contributed by atoms with Crippen LogP contribution >= 0.6 is 0 Å². The third-order valence-corrected chi connectivity index (χ3v) is 8.57. The number of ether oxygens (including phenoxy) is 1. The van der Waals surface area contributed by atoms with Crippen LogP contribution in [-0.4, -0.2) is 50.9 Å². The average Bonchev–Trinajstić information content (AvgIpc) is 2.96. The van der Waals surface area contributed by atoms with Crippen LogP contribution in [0.5, 0.6) is 5.75 Å². The molecule has 0 heterocycles. The van der Waals surface area contributed by atoms with Gasteiger partial charge in [-0.15, -0.1) is 0 Å². The van der Waals surface area contributed by atoms with Crippen molar-refractivity contribution in [3.05, 3.63) is 89.5 Å². The number of sulfonamides is 1. The number of hydrogen-bond acceptors (Lipinski definition) is 5. The molecule has 2 amide bonds. The van der Waals surface area contributed by atoms with Crippen LogP contribution in [0, 0.1) is 13.8 Å². The lowest BCUT2D eigenvalue weighted by atomic mass is 10.1. The molecule has 8 nitrogen and oxygen atoms in total. The molecule has 0 radical (unpaired) electrons. The first-order valence-electron chi connectivity index (χ1n) is 14.0. The van der Waals surface area contributed by atoms with E-state index < -0.39 is 28.5 Å². The smallest absolute Gasteiger partial charge is 0.264 e. The SMILES string of the molecule is CCCCNC(=O)C(C)N(Cc1ccc(C)cc1)C(=O)CN(c1ccccc1OCC)S(=O)(=O)c1ccc(C)cc1. The van der Waals surface area contributed by atoms with E-state index >= 15 is 0 Å². The lowest BCUT2D eigenvalue weighted by Crippen LogP contribution is -2.51. The molecule has 1 N–H and O–H groups in total. The lowest BCUT2D eigenvalue weighted by Gasteiger charge is -2.32. The Bertz CT molecular complexity index is 1410. The first-order chi connectivity index (χ1) is 19.6. The summed E-state index contributed by atoms with van der Waals surface area (Å²) in [5.41, 5.74) is 3.06. The van der Waals surface area contributed by atoms with Crippen LogP contribution in [0.3, 0.4) is 0 Å². The number of hydrogen-bond donors (Lipinski definition) is 1. The molecular weight excluding hydrogens is 538 g/mol. The van der Waals surface area contributed by atoms with E-state index in [4.69, 9.17) is 4.74 Å². The Hall–Kier alpha value is -3.85. The quantitative estimate of drug-likeness (QED) is 0.264. The van der Waals surface area contributed by atoms with E-state index in [-0.39, 0.29) is 23.0 Å². The largest absolute Gasteiger partial charge is 0.492 e. The zero-order valence-electron chi connectivity index (χ0n) is 24.6. The summed E-state index contributed by atoms with van der Waals surface area (Å²) in [6.45, 7) is 9.80. The Labute approximate surface area is 244 Å². The van der Waals surface area contributed by atoms with Gasteiger partial charge in [0.05, 0.1) is 17.2 Å². The Morgan fingerprint density at radius 2 is 1.51 bits per heavy atom. The second-order valence-electron chi connectivity index (χ2n) is 10.1. The van der Waals surface area contributed by atoms with Crippen LogP contribution in [0.2, 0.25) is 0 Å². The molecular formula is C32H41N3O5S. The van der Waals surface area contributed by atoms with Crippen LogP contribution in [0.25, 0.3) is 0 Å². The normalized spacial score (nSPS) is 11.9. The van der Waals surface area contributed by atoms with E-state index in [9.17, 15) is 18.0 Å². The van der Waals surface area contributed by atoms with Gasteiger partial charge in [-0.25, -0.2) is 8.42 Å². The summed E-state index contributed by atoms with van der Waals surface area (Å²) in [6, 6.07) is 20.1. The highest BCUT2D eigenvalue weighted by molar-refractivity contribution is 7.92. The Balaban J connectivity index is 2.04. The zero-order valence-corrected chi connectivity index (χ0v) is 25.4. The van der Waals surface area contributed by atoms with Crippen molar-refractivity contribution in [2.24, 2.45) is 0 Å². The van der Waals surface area contributed by atoms with Crippen LogP contribution in [0.1, 0.15) is 50.3 Å². The molecule has 41 heavy (non-hydrogen) atoms. The number of carbonyl (C=O) groups excluding carboxylic acids is 2. The number of carbonyl (C=O) groups is 2. The first kappa shape index (κ1) is 31.7. The van der Waals surface area contributed by atoms with Crippen molar-refractivity contribution in [3.8, 4) is 5.75 Å². The molecule has 0 aromatic heterocycles. The second kappa shape index (κ2) is 14.7. The fourth-order valence-electron chi connectivity index (χ4n) is 4.30. The van der Waals surface area contributed by atoms with Gasteiger partial charge >= 0.3 is 0 Å². The number of anilines is 1. The Kier molecular flexibility index (Phi) is 11.3. The molecule has 1 atom stereocenters. The van der Waals surface area contributed by atoms with E-state index in [0.29, 0.717) is 18.9 Å². The highest BCUT2D eigenvalue weighted by atomic mass is 32.2. The lowest BCUT2D eigenvalue weighted by molar-refractivity contribution is -0.139. The number of para-hydroxylation sites is 2. The molecule has 3 rings (SSSR count).